The van der Waals surface area contributed by atoms with Gasteiger partial charge in [0, 0.05) is 29.4 Å². The minimum Gasteiger partial charge on any atom is -0.477 e. The maximum absolute atomic E-state index is 11.1. The molecule has 0 amide bonds. The lowest BCUT2D eigenvalue weighted by molar-refractivity contribution is 0.0701. The van der Waals surface area contributed by atoms with Crippen molar-refractivity contribution in [3.63, 3.8) is 0 Å². The lowest BCUT2D eigenvalue weighted by atomic mass is 10.2. The van der Waals surface area contributed by atoms with Crippen LogP contribution < -0.4 is 5.32 Å². The van der Waals surface area contributed by atoms with Gasteiger partial charge in [-0.05, 0) is 12.5 Å². The van der Waals surface area contributed by atoms with Crippen molar-refractivity contribution in [1.82, 2.24) is 9.97 Å². The maximum atomic E-state index is 11.1. The number of hydrogen-bond donors (Lipinski definition) is 2. The predicted molar refractivity (Wildman–Crippen MR) is 76.5 cm³/mol. The molecule has 0 radical (unpaired) electrons. The van der Waals surface area contributed by atoms with Gasteiger partial charge in [-0.15, -0.1) is 11.3 Å². The number of hydrogen-bond acceptors (Lipinski definition) is 6. The summed E-state index contributed by atoms with van der Waals surface area (Å²) in [5.41, 5.74) is 0.660. The summed E-state index contributed by atoms with van der Waals surface area (Å²) in [4.78, 5) is 20.2. The number of nitrogens with one attached hydrogen (secondary N) is 1. The van der Waals surface area contributed by atoms with Gasteiger partial charge in [0.15, 0.2) is 0 Å². The average Bonchev–Trinajstić information content (AvgIpc) is 2.67. The molecule has 6 nitrogen and oxygen atoms in total. The van der Waals surface area contributed by atoms with Gasteiger partial charge in [0.05, 0.1) is 5.39 Å². The van der Waals surface area contributed by atoms with Crippen molar-refractivity contribution >= 4 is 44.1 Å². The number of aryl methyl sites for hydroxylation is 1. The van der Waals surface area contributed by atoms with E-state index in [4.69, 9.17) is 5.11 Å². The number of aromatic carboxylic acids is 1. The summed E-state index contributed by atoms with van der Waals surface area (Å²) in [6.07, 6.45) is 3.03. The van der Waals surface area contributed by atoms with Crippen molar-refractivity contribution in [2.24, 2.45) is 0 Å². The molecule has 102 valence electrons. The van der Waals surface area contributed by atoms with Gasteiger partial charge in [0.1, 0.15) is 21.9 Å². The van der Waals surface area contributed by atoms with Gasteiger partial charge in [0.25, 0.3) is 0 Å². The Morgan fingerprint density at radius 2 is 2.26 bits per heavy atom. The highest BCUT2D eigenvalue weighted by molar-refractivity contribution is 7.84. The second kappa shape index (κ2) is 5.62. The Bertz CT molecular complexity index is 654. The van der Waals surface area contributed by atoms with E-state index in [2.05, 4.69) is 15.3 Å². The van der Waals surface area contributed by atoms with Crippen molar-refractivity contribution in [1.29, 1.82) is 0 Å². The monoisotopic (exact) mass is 299 g/mol. The lowest BCUT2D eigenvalue weighted by Crippen LogP contribution is -2.11. The highest BCUT2D eigenvalue weighted by Gasteiger charge is 2.18. The van der Waals surface area contributed by atoms with Crippen LogP contribution in [0, 0.1) is 6.92 Å². The number of carbonyl (C=O) groups is 1. The maximum Gasteiger partial charge on any atom is 0.346 e. The Kier molecular flexibility index (Phi) is 4.11. The van der Waals surface area contributed by atoms with E-state index in [1.807, 2.05) is 0 Å². The van der Waals surface area contributed by atoms with E-state index in [0.29, 0.717) is 28.5 Å². The molecule has 0 aliphatic carbocycles. The van der Waals surface area contributed by atoms with Gasteiger partial charge >= 0.3 is 5.97 Å². The summed E-state index contributed by atoms with van der Waals surface area (Å²) in [7, 11) is -0.878. The van der Waals surface area contributed by atoms with Crippen LogP contribution in [-0.4, -0.2) is 43.8 Å². The number of rotatable bonds is 5. The number of thiophene rings is 1. The fourth-order valence-corrected chi connectivity index (χ4v) is 3.10. The second-order valence-corrected chi connectivity index (χ2v) is 6.52. The third-order valence-electron chi connectivity index (χ3n) is 2.60. The summed E-state index contributed by atoms with van der Waals surface area (Å²) < 4.78 is 11.0. The summed E-state index contributed by atoms with van der Waals surface area (Å²) in [6.45, 7) is 2.27. The number of aromatic nitrogens is 2. The fraction of sp³-hybridized carbons (Fsp3) is 0.364. The molecular weight excluding hydrogens is 286 g/mol. The lowest BCUT2D eigenvalue weighted by Gasteiger charge is -2.05. The molecule has 0 saturated carbocycles. The summed E-state index contributed by atoms with van der Waals surface area (Å²) in [5.74, 6) is 0.151. The van der Waals surface area contributed by atoms with Gasteiger partial charge in [-0.3, -0.25) is 4.21 Å². The number of nitrogens with zero attached hydrogens (tertiary/aromatic N) is 2. The molecule has 0 aliphatic heterocycles. The molecule has 8 heteroatoms. The summed E-state index contributed by atoms with van der Waals surface area (Å²) >= 11 is 1.14. The highest BCUT2D eigenvalue weighted by Crippen LogP contribution is 2.32. The molecule has 1 unspecified atom stereocenters. The molecule has 0 fully saturated rings. The van der Waals surface area contributed by atoms with Crippen molar-refractivity contribution in [2.75, 3.05) is 23.9 Å². The van der Waals surface area contributed by atoms with E-state index < -0.39 is 16.8 Å². The van der Waals surface area contributed by atoms with Crippen molar-refractivity contribution in [3.05, 3.63) is 16.8 Å². The number of carboxylic acid groups (broad SMARTS) is 1. The molecule has 0 spiro atoms. The molecule has 0 bridgehead atoms. The van der Waals surface area contributed by atoms with E-state index in [1.54, 1.807) is 13.2 Å². The molecule has 2 aromatic heterocycles. The molecule has 2 heterocycles. The van der Waals surface area contributed by atoms with Crippen LogP contribution in [-0.2, 0) is 10.8 Å². The topological polar surface area (TPSA) is 92.2 Å². The van der Waals surface area contributed by atoms with Gasteiger partial charge < -0.3 is 10.4 Å². The Balaban J connectivity index is 2.39. The highest BCUT2D eigenvalue weighted by atomic mass is 32.2. The number of anilines is 1. The molecule has 0 saturated heterocycles. The van der Waals surface area contributed by atoms with Gasteiger partial charge in [-0.1, -0.05) is 0 Å². The smallest absolute Gasteiger partial charge is 0.346 e. The molecule has 2 N–H and O–H groups in total. The van der Waals surface area contributed by atoms with Crippen molar-refractivity contribution in [3.8, 4) is 0 Å². The Hall–Kier alpha value is -1.54. The molecule has 2 aromatic rings. The molecular formula is C11H13N3O3S2. The van der Waals surface area contributed by atoms with Crippen LogP contribution in [0.2, 0.25) is 0 Å². The molecule has 0 aliphatic rings. The van der Waals surface area contributed by atoms with E-state index in [9.17, 15) is 9.00 Å². The minimum absolute atomic E-state index is 0.276. The van der Waals surface area contributed by atoms with Crippen molar-refractivity contribution < 1.29 is 14.1 Å². The molecule has 19 heavy (non-hydrogen) atoms. The Morgan fingerprint density at radius 3 is 2.89 bits per heavy atom. The zero-order valence-corrected chi connectivity index (χ0v) is 12.1. The zero-order chi connectivity index (χ0) is 14.0. The Labute approximate surface area is 116 Å². The first-order chi connectivity index (χ1) is 9.00. The predicted octanol–water partition coefficient (Wildman–Crippen LogP) is 1.49. The van der Waals surface area contributed by atoms with E-state index in [-0.39, 0.29) is 4.88 Å². The first-order valence-corrected chi connectivity index (χ1v) is 8.06. The van der Waals surface area contributed by atoms with Crippen molar-refractivity contribution in [2.45, 2.75) is 6.92 Å². The van der Waals surface area contributed by atoms with Crippen LogP contribution in [0.15, 0.2) is 6.33 Å². The van der Waals surface area contributed by atoms with Gasteiger partial charge in [-0.2, -0.15) is 0 Å². The SMILES string of the molecule is Cc1c(C(=O)O)sc2ncnc(NCCS(C)=O)c12. The molecule has 0 aromatic carbocycles. The quantitative estimate of drug-likeness (QED) is 0.869. The fourth-order valence-electron chi connectivity index (χ4n) is 1.72. The second-order valence-electron chi connectivity index (χ2n) is 3.97. The van der Waals surface area contributed by atoms with Crippen LogP contribution in [0.5, 0.6) is 0 Å². The summed E-state index contributed by atoms with van der Waals surface area (Å²) in [6, 6.07) is 0. The van der Waals surface area contributed by atoms with Crippen LogP contribution >= 0.6 is 11.3 Å². The van der Waals surface area contributed by atoms with Gasteiger partial charge in [0.2, 0.25) is 0 Å². The zero-order valence-electron chi connectivity index (χ0n) is 10.5. The third kappa shape index (κ3) is 2.90. The normalized spacial score (nSPS) is 12.5. The van der Waals surface area contributed by atoms with Crippen LogP contribution in [0.4, 0.5) is 5.82 Å². The van der Waals surface area contributed by atoms with Crippen LogP contribution in [0.25, 0.3) is 10.2 Å². The first kappa shape index (κ1) is 13.9. The van der Waals surface area contributed by atoms with E-state index in [1.165, 1.54) is 6.33 Å². The third-order valence-corrected chi connectivity index (χ3v) is 4.57. The van der Waals surface area contributed by atoms with E-state index in [0.717, 1.165) is 16.7 Å². The largest absolute Gasteiger partial charge is 0.477 e. The van der Waals surface area contributed by atoms with Crippen LogP contribution in [0.3, 0.4) is 0 Å². The average molecular weight is 299 g/mol. The molecule has 1 atom stereocenters. The number of carboxylic acids is 1. The summed E-state index contributed by atoms with van der Waals surface area (Å²) in [5, 5.41) is 12.9. The first-order valence-electron chi connectivity index (χ1n) is 5.52. The standard InChI is InChI=1S/C11H13N3O3S2/c1-6-7-9(12-3-4-19(2)17)13-5-14-10(7)18-8(6)11(15)16/h5H,3-4H2,1-2H3,(H,15,16)(H,12,13,14). The molecule has 2 rings (SSSR count). The Morgan fingerprint density at radius 1 is 1.53 bits per heavy atom. The van der Waals surface area contributed by atoms with Gasteiger partial charge in [-0.25, -0.2) is 14.8 Å². The van der Waals surface area contributed by atoms with E-state index >= 15 is 0 Å². The minimum atomic E-state index is -0.957. The number of fused-ring (bicyclic) bond motifs is 1. The van der Waals surface area contributed by atoms with Crippen LogP contribution in [0.1, 0.15) is 15.2 Å².